The zero-order valence-corrected chi connectivity index (χ0v) is 7.01. The minimum absolute atomic E-state index is 0.757. The Bertz CT molecular complexity index is 253. The Morgan fingerprint density at radius 2 is 2.42 bits per heavy atom. The maximum atomic E-state index is 5.34. The SMILES string of the molecule is NCCCCC#Cc1cn[nH]c1. The molecule has 0 spiro atoms. The van der Waals surface area contributed by atoms with Crippen molar-refractivity contribution in [2.24, 2.45) is 5.73 Å². The van der Waals surface area contributed by atoms with Gasteiger partial charge in [-0.1, -0.05) is 11.8 Å². The Balaban J connectivity index is 2.21. The van der Waals surface area contributed by atoms with Gasteiger partial charge in [-0.05, 0) is 19.4 Å². The van der Waals surface area contributed by atoms with E-state index in [1.165, 1.54) is 0 Å². The second-order valence-corrected chi connectivity index (χ2v) is 2.53. The van der Waals surface area contributed by atoms with E-state index in [0.29, 0.717) is 0 Å². The molecule has 3 nitrogen and oxygen atoms in total. The van der Waals surface area contributed by atoms with Crippen LogP contribution >= 0.6 is 0 Å². The topological polar surface area (TPSA) is 54.7 Å². The van der Waals surface area contributed by atoms with Gasteiger partial charge in [0.05, 0.1) is 11.8 Å². The van der Waals surface area contributed by atoms with Gasteiger partial charge in [-0.15, -0.1) is 0 Å². The fourth-order valence-corrected chi connectivity index (χ4v) is 0.842. The molecule has 0 fully saturated rings. The molecule has 0 atom stereocenters. The van der Waals surface area contributed by atoms with E-state index in [1.807, 2.05) is 0 Å². The van der Waals surface area contributed by atoms with Crippen LogP contribution in [0.3, 0.4) is 0 Å². The van der Waals surface area contributed by atoms with Crippen molar-refractivity contribution < 1.29 is 0 Å². The number of rotatable bonds is 3. The normalized spacial score (nSPS) is 9.08. The van der Waals surface area contributed by atoms with Crippen molar-refractivity contribution in [3.63, 3.8) is 0 Å². The van der Waals surface area contributed by atoms with Gasteiger partial charge < -0.3 is 5.73 Å². The smallest absolute Gasteiger partial charge is 0.0644 e. The highest BCUT2D eigenvalue weighted by Crippen LogP contribution is 1.93. The van der Waals surface area contributed by atoms with E-state index in [1.54, 1.807) is 12.4 Å². The van der Waals surface area contributed by atoms with Crippen LogP contribution < -0.4 is 5.73 Å². The first-order valence-corrected chi connectivity index (χ1v) is 4.11. The monoisotopic (exact) mass is 163 g/mol. The van der Waals surface area contributed by atoms with E-state index in [0.717, 1.165) is 31.4 Å². The van der Waals surface area contributed by atoms with Crippen LogP contribution in [0.15, 0.2) is 12.4 Å². The van der Waals surface area contributed by atoms with Crippen LogP contribution in [-0.4, -0.2) is 16.7 Å². The molecule has 3 N–H and O–H groups in total. The number of nitrogens with zero attached hydrogens (tertiary/aromatic N) is 1. The van der Waals surface area contributed by atoms with Crippen molar-refractivity contribution in [1.82, 2.24) is 10.2 Å². The summed E-state index contributed by atoms with van der Waals surface area (Å²) in [5.74, 6) is 6.06. The first-order valence-electron chi connectivity index (χ1n) is 4.11. The van der Waals surface area contributed by atoms with Gasteiger partial charge in [0.2, 0.25) is 0 Å². The third kappa shape index (κ3) is 3.22. The molecule has 0 bridgehead atoms. The minimum atomic E-state index is 0.757. The summed E-state index contributed by atoms with van der Waals surface area (Å²) in [6.45, 7) is 0.757. The van der Waals surface area contributed by atoms with Crippen molar-refractivity contribution in [2.75, 3.05) is 6.54 Å². The summed E-state index contributed by atoms with van der Waals surface area (Å²) in [4.78, 5) is 0. The van der Waals surface area contributed by atoms with Crippen LogP contribution in [0.25, 0.3) is 0 Å². The lowest BCUT2D eigenvalue weighted by Gasteiger charge is -1.87. The number of nitrogens with two attached hydrogens (primary N) is 1. The van der Waals surface area contributed by atoms with Crippen molar-refractivity contribution in [2.45, 2.75) is 19.3 Å². The lowest BCUT2D eigenvalue weighted by Crippen LogP contribution is -1.96. The summed E-state index contributed by atoms with van der Waals surface area (Å²) >= 11 is 0. The van der Waals surface area contributed by atoms with E-state index in [2.05, 4.69) is 22.0 Å². The van der Waals surface area contributed by atoms with Crippen molar-refractivity contribution in [1.29, 1.82) is 0 Å². The zero-order valence-electron chi connectivity index (χ0n) is 7.01. The third-order valence-corrected chi connectivity index (χ3v) is 1.49. The lowest BCUT2D eigenvalue weighted by molar-refractivity contribution is 0.768. The summed E-state index contributed by atoms with van der Waals surface area (Å²) in [5.41, 5.74) is 6.29. The Labute approximate surface area is 72.4 Å². The van der Waals surface area contributed by atoms with E-state index in [-0.39, 0.29) is 0 Å². The Hall–Kier alpha value is -1.27. The molecule has 0 saturated heterocycles. The van der Waals surface area contributed by atoms with Gasteiger partial charge in [0.15, 0.2) is 0 Å². The second kappa shape index (κ2) is 5.39. The molecule has 0 aliphatic carbocycles. The molecule has 0 aliphatic rings. The van der Waals surface area contributed by atoms with Gasteiger partial charge in [0, 0.05) is 12.6 Å². The third-order valence-electron chi connectivity index (χ3n) is 1.49. The van der Waals surface area contributed by atoms with Gasteiger partial charge in [0.1, 0.15) is 0 Å². The molecule has 0 aliphatic heterocycles. The average molecular weight is 163 g/mol. The average Bonchev–Trinajstić information content (AvgIpc) is 2.57. The Kier molecular flexibility index (Phi) is 3.96. The van der Waals surface area contributed by atoms with Crippen LogP contribution in [0.5, 0.6) is 0 Å². The highest BCUT2D eigenvalue weighted by molar-refractivity contribution is 5.28. The van der Waals surface area contributed by atoms with Gasteiger partial charge >= 0.3 is 0 Å². The maximum absolute atomic E-state index is 5.34. The van der Waals surface area contributed by atoms with Gasteiger partial charge in [-0.2, -0.15) is 5.10 Å². The summed E-state index contributed by atoms with van der Waals surface area (Å²) in [6, 6.07) is 0. The Morgan fingerprint density at radius 3 is 3.08 bits per heavy atom. The number of aromatic nitrogens is 2. The van der Waals surface area contributed by atoms with Crippen LogP contribution in [0.1, 0.15) is 24.8 Å². The number of hydrogen-bond acceptors (Lipinski definition) is 2. The molecule has 0 radical (unpaired) electrons. The summed E-state index contributed by atoms with van der Waals surface area (Å²) < 4.78 is 0. The van der Waals surface area contributed by atoms with Crippen LogP contribution in [0, 0.1) is 11.8 Å². The largest absolute Gasteiger partial charge is 0.330 e. The molecule has 3 heteroatoms. The quantitative estimate of drug-likeness (QED) is 0.513. The number of hydrogen-bond donors (Lipinski definition) is 2. The molecule has 1 aromatic heterocycles. The zero-order chi connectivity index (χ0) is 8.65. The van der Waals surface area contributed by atoms with E-state index in [9.17, 15) is 0 Å². The van der Waals surface area contributed by atoms with Gasteiger partial charge in [-0.3, -0.25) is 5.10 Å². The summed E-state index contributed by atoms with van der Waals surface area (Å²) in [5, 5.41) is 6.50. The summed E-state index contributed by atoms with van der Waals surface area (Å²) in [6.07, 6.45) is 6.57. The molecule has 0 unspecified atom stereocenters. The summed E-state index contributed by atoms with van der Waals surface area (Å²) in [7, 11) is 0. The highest BCUT2D eigenvalue weighted by atomic mass is 15.1. The van der Waals surface area contributed by atoms with Crippen LogP contribution in [-0.2, 0) is 0 Å². The van der Waals surface area contributed by atoms with E-state index < -0.39 is 0 Å². The fraction of sp³-hybridized carbons (Fsp3) is 0.444. The lowest BCUT2D eigenvalue weighted by atomic mass is 10.2. The molecular formula is C9H13N3. The molecule has 12 heavy (non-hydrogen) atoms. The predicted octanol–water partition coefficient (Wildman–Crippen LogP) is 0.890. The molecule has 1 heterocycles. The van der Waals surface area contributed by atoms with E-state index >= 15 is 0 Å². The van der Waals surface area contributed by atoms with E-state index in [4.69, 9.17) is 5.73 Å². The van der Waals surface area contributed by atoms with Gasteiger partial charge in [-0.25, -0.2) is 0 Å². The fourth-order valence-electron chi connectivity index (χ4n) is 0.842. The van der Waals surface area contributed by atoms with Crippen LogP contribution in [0.4, 0.5) is 0 Å². The van der Waals surface area contributed by atoms with Gasteiger partial charge in [0.25, 0.3) is 0 Å². The predicted molar refractivity (Wildman–Crippen MR) is 48.4 cm³/mol. The Morgan fingerprint density at radius 1 is 1.50 bits per heavy atom. The minimum Gasteiger partial charge on any atom is -0.330 e. The molecule has 0 aromatic carbocycles. The molecule has 0 amide bonds. The second-order valence-electron chi connectivity index (χ2n) is 2.53. The van der Waals surface area contributed by atoms with Crippen molar-refractivity contribution >= 4 is 0 Å². The van der Waals surface area contributed by atoms with Crippen molar-refractivity contribution in [3.8, 4) is 11.8 Å². The molecular weight excluding hydrogens is 150 g/mol. The number of unbranched alkanes of at least 4 members (excludes halogenated alkanes) is 2. The standard InChI is InChI=1S/C9H13N3/c10-6-4-2-1-3-5-9-7-11-12-8-9/h7-8H,1-2,4,6,10H2,(H,11,12). The number of H-pyrrole nitrogens is 1. The highest BCUT2D eigenvalue weighted by Gasteiger charge is 1.84. The number of aromatic amines is 1. The maximum Gasteiger partial charge on any atom is 0.0644 e. The molecule has 1 aromatic rings. The first kappa shape index (κ1) is 8.82. The van der Waals surface area contributed by atoms with Crippen LogP contribution in [0.2, 0.25) is 0 Å². The molecule has 0 saturated carbocycles. The first-order chi connectivity index (χ1) is 5.93. The molecule has 1 rings (SSSR count). The molecule has 64 valence electrons. The number of nitrogens with one attached hydrogen (secondary N) is 1. The van der Waals surface area contributed by atoms with Crippen molar-refractivity contribution in [3.05, 3.63) is 18.0 Å².